The Morgan fingerprint density at radius 2 is 2.25 bits per heavy atom. The van der Waals surface area contributed by atoms with Gasteiger partial charge in [0.05, 0.1) is 19.9 Å². The average molecular weight is 167 g/mol. The van der Waals surface area contributed by atoms with E-state index in [-0.39, 0.29) is 0 Å². The second-order valence-corrected chi connectivity index (χ2v) is 2.37. The van der Waals surface area contributed by atoms with Crippen LogP contribution >= 0.6 is 0 Å². The molecule has 0 aliphatic heterocycles. The Morgan fingerprint density at radius 3 is 2.92 bits per heavy atom. The van der Waals surface area contributed by atoms with Crippen LogP contribution in [0.5, 0.6) is 5.75 Å². The first-order valence-electron chi connectivity index (χ1n) is 3.92. The summed E-state index contributed by atoms with van der Waals surface area (Å²) >= 11 is 0. The quantitative estimate of drug-likeness (QED) is 0.683. The Hall–Kier alpha value is -1.09. The largest absolute Gasteiger partial charge is 0.495 e. The van der Waals surface area contributed by atoms with Crippen LogP contribution in [0.2, 0.25) is 0 Å². The minimum absolute atomic E-state index is 0.598. The fourth-order valence-corrected chi connectivity index (χ4v) is 0.874. The third-order valence-electron chi connectivity index (χ3n) is 1.48. The number of hydrogen-bond acceptors (Lipinski definition) is 3. The molecule has 0 aliphatic carbocycles. The molecule has 66 valence electrons. The zero-order valence-corrected chi connectivity index (χ0v) is 7.41. The number of rotatable bonds is 4. The minimum Gasteiger partial charge on any atom is -0.495 e. The van der Waals surface area contributed by atoms with Gasteiger partial charge in [0.25, 0.3) is 0 Å². The Kier molecular flexibility index (Phi) is 3.54. The maximum absolute atomic E-state index is 5.22. The van der Waals surface area contributed by atoms with E-state index < -0.39 is 0 Å². The van der Waals surface area contributed by atoms with Gasteiger partial charge in [0.2, 0.25) is 0 Å². The topological polar surface area (TPSA) is 31.4 Å². The first kappa shape index (κ1) is 9.00. The standard InChI is InChI=1S/C9H13NO2/c1-3-12-7-8-4-9(11-2)6-10-5-8/h4-6H,3,7H2,1-2H3. The molecule has 0 N–H and O–H groups in total. The van der Waals surface area contributed by atoms with Crippen molar-refractivity contribution in [2.45, 2.75) is 13.5 Å². The maximum atomic E-state index is 5.22. The first-order valence-corrected chi connectivity index (χ1v) is 3.92. The maximum Gasteiger partial charge on any atom is 0.137 e. The molecule has 0 spiro atoms. The highest BCUT2D eigenvalue weighted by Gasteiger charge is 1.95. The van der Waals surface area contributed by atoms with Crippen molar-refractivity contribution in [1.82, 2.24) is 4.98 Å². The zero-order valence-electron chi connectivity index (χ0n) is 7.41. The first-order chi connectivity index (χ1) is 5.86. The van der Waals surface area contributed by atoms with Crippen molar-refractivity contribution in [2.24, 2.45) is 0 Å². The van der Waals surface area contributed by atoms with Crippen LogP contribution in [0.1, 0.15) is 12.5 Å². The van der Waals surface area contributed by atoms with Crippen molar-refractivity contribution >= 4 is 0 Å². The highest BCUT2D eigenvalue weighted by atomic mass is 16.5. The molecule has 0 radical (unpaired) electrons. The SMILES string of the molecule is CCOCc1cncc(OC)c1. The monoisotopic (exact) mass is 167 g/mol. The molecule has 12 heavy (non-hydrogen) atoms. The number of nitrogens with zero attached hydrogens (tertiary/aromatic N) is 1. The lowest BCUT2D eigenvalue weighted by atomic mass is 10.3. The summed E-state index contributed by atoms with van der Waals surface area (Å²) in [6, 6.07) is 1.92. The Labute approximate surface area is 72.3 Å². The van der Waals surface area contributed by atoms with Gasteiger partial charge in [-0.3, -0.25) is 4.98 Å². The Balaban J connectivity index is 2.60. The summed E-state index contributed by atoms with van der Waals surface area (Å²) in [6.45, 7) is 3.28. The second kappa shape index (κ2) is 4.72. The smallest absolute Gasteiger partial charge is 0.137 e. The lowest BCUT2D eigenvalue weighted by Gasteiger charge is -2.02. The molecule has 0 fully saturated rings. The summed E-state index contributed by atoms with van der Waals surface area (Å²) < 4.78 is 10.2. The van der Waals surface area contributed by atoms with Crippen LogP contribution in [-0.2, 0) is 11.3 Å². The molecule has 1 aromatic rings. The van der Waals surface area contributed by atoms with Crippen LogP contribution in [0.4, 0.5) is 0 Å². The summed E-state index contributed by atoms with van der Waals surface area (Å²) in [5, 5.41) is 0. The van der Waals surface area contributed by atoms with E-state index in [2.05, 4.69) is 4.98 Å². The van der Waals surface area contributed by atoms with Crippen LogP contribution in [0.25, 0.3) is 0 Å². The number of aromatic nitrogens is 1. The van der Waals surface area contributed by atoms with Gasteiger partial charge in [-0.2, -0.15) is 0 Å². The predicted molar refractivity (Wildman–Crippen MR) is 46.1 cm³/mol. The molecule has 0 unspecified atom stereocenters. The molecule has 3 heteroatoms. The molecule has 0 atom stereocenters. The van der Waals surface area contributed by atoms with Crippen LogP contribution < -0.4 is 4.74 Å². The number of ether oxygens (including phenoxy) is 2. The lowest BCUT2D eigenvalue weighted by Crippen LogP contribution is -1.93. The van der Waals surface area contributed by atoms with Crippen molar-refractivity contribution in [3.8, 4) is 5.75 Å². The van der Waals surface area contributed by atoms with Crippen LogP contribution in [0.3, 0.4) is 0 Å². The summed E-state index contributed by atoms with van der Waals surface area (Å²) in [5.74, 6) is 0.771. The van der Waals surface area contributed by atoms with E-state index in [9.17, 15) is 0 Å². The molecule has 0 aromatic carbocycles. The van der Waals surface area contributed by atoms with Crippen molar-refractivity contribution in [3.05, 3.63) is 24.0 Å². The number of methoxy groups -OCH3 is 1. The van der Waals surface area contributed by atoms with Crippen molar-refractivity contribution in [2.75, 3.05) is 13.7 Å². The molecular weight excluding hydrogens is 154 g/mol. The van der Waals surface area contributed by atoms with Gasteiger partial charge in [-0.1, -0.05) is 0 Å². The van der Waals surface area contributed by atoms with Crippen molar-refractivity contribution in [1.29, 1.82) is 0 Å². The van der Waals surface area contributed by atoms with Crippen molar-refractivity contribution < 1.29 is 9.47 Å². The number of hydrogen-bond donors (Lipinski definition) is 0. The zero-order chi connectivity index (χ0) is 8.81. The van der Waals surface area contributed by atoms with Gasteiger partial charge >= 0.3 is 0 Å². The van der Waals surface area contributed by atoms with E-state index in [1.165, 1.54) is 0 Å². The van der Waals surface area contributed by atoms with Gasteiger partial charge in [-0.15, -0.1) is 0 Å². The molecule has 0 saturated carbocycles. The molecule has 3 nitrogen and oxygen atoms in total. The predicted octanol–water partition coefficient (Wildman–Crippen LogP) is 1.63. The summed E-state index contributed by atoms with van der Waals surface area (Å²) in [4.78, 5) is 4.00. The third kappa shape index (κ3) is 2.51. The average Bonchev–Trinajstić information content (AvgIpc) is 2.15. The molecule has 1 aromatic heterocycles. The summed E-state index contributed by atoms with van der Waals surface area (Å²) in [5.41, 5.74) is 1.04. The number of pyridine rings is 1. The van der Waals surface area contributed by atoms with E-state index in [0.29, 0.717) is 6.61 Å². The van der Waals surface area contributed by atoms with Crippen LogP contribution in [0, 0.1) is 0 Å². The molecule has 0 bridgehead atoms. The van der Waals surface area contributed by atoms with Crippen LogP contribution in [-0.4, -0.2) is 18.7 Å². The molecule has 0 amide bonds. The molecule has 1 rings (SSSR count). The van der Waals surface area contributed by atoms with Crippen LogP contribution in [0.15, 0.2) is 18.5 Å². The van der Waals surface area contributed by atoms with Gasteiger partial charge in [0, 0.05) is 12.8 Å². The van der Waals surface area contributed by atoms with E-state index in [1.54, 1.807) is 19.5 Å². The fourth-order valence-electron chi connectivity index (χ4n) is 0.874. The van der Waals surface area contributed by atoms with Gasteiger partial charge in [-0.25, -0.2) is 0 Å². The normalized spacial score (nSPS) is 9.83. The fraction of sp³-hybridized carbons (Fsp3) is 0.444. The van der Waals surface area contributed by atoms with E-state index >= 15 is 0 Å². The van der Waals surface area contributed by atoms with E-state index in [0.717, 1.165) is 17.9 Å². The minimum atomic E-state index is 0.598. The summed E-state index contributed by atoms with van der Waals surface area (Å²) in [7, 11) is 1.63. The molecular formula is C9H13NO2. The molecule has 0 saturated heterocycles. The molecule has 0 aliphatic rings. The van der Waals surface area contributed by atoms with Gasteiger partial charge in [0.1, 0.15) is 5.75 Å². The van der Waals surface area contributed by atoms with E-state index in [1.807, 2.05) is 13.0 Å². The third-order valence-corrected chi connectivity index (χ3v) is 1.48. The van der Waals surface area contributed by atoms with Gasteiger partial charge in [-0.05, 0) is 18.6 Å². The van der Waals surface area contributed by atoms with Crippen molar-refractivity contribution in [3.63, 3.8) is 0 Å². The van der Waals surface area contributed by atoms with E-state index in [4.69, 9.17) is 9.47 Å². The van der Waals surface area contributed by atoms with Gasteiger partial charge in [0.15, 0.2) is 0 Å². The Morgan fingerprint density at radius 1 is 1.42 bits per heavy atom. The highest BCUT2D eigenvalue weighted by Crippen LogP contribution is 2.10. The Bertz CT molecular complexity index is 238. The van der Waals surface area contributed by atoms with Gasteiger partial charge < -0.3 is 9.47 Å². The highest BCUT2D eigenvalue weighted by molar-refractivity contribution is 5.22. The lowest BCUT2D eigenvalue weighted by molar-refractivity contribution is 0.133. The second-order valence-electron chi connectivity index (χ2n) is 2.37. The summed E-state index contributed by atoms with van der Waals surface area (Å²) in [6.07, 6.45) is 3.45. The molecule has 1 heterocycles.